The Labute approximate surface area is 94.4 Å². The van der Waals surface area contributed by atoms with E-state index in [-0.39, 0.29) is 11.4 Å². The maximum atomic E-state index is 11.8. The number of hydrogen-bond donors (Lipinski definition) is 0. The Hall–Kier alpha value is -0.530. The summed E-state index contributed by atoms with van der Waals surface area (Å²) in [5.41, 5.74) is -0.350. The third-order valence-electron chi connectivity index (χ3n) is 3.81. The third kappa shape index (κ3) is 2.96. The van der Waals surface area contributed by atoms with E-state index in [0.717, 1.165) is 25.7 Å². The van der Waals surface area contributed by atoms with Gasteiger partial charge in [0.1, 0.15) is 0 Å². The summed E-state index contributed by atoms with van der Waals surface area (Å²) in [6, 6.07) is 0. The molecule has 0 aliphatic heterocycles. The van der Waals surface area contributed by atoms with E-state index in [1.807, 2.05) is 13.8 Å². The van der Waals surface area contributed by atoms with Gasteiger partial charge in [0.15, 0.2) is 0 Å². The number of esters is 1. The van der Waals surface area contributed by atoms with E-state index in [9.17, 15) is 4.79 Å². The molecule has 0 unspecified atom stereocenters. The first-order chi connectivity index (χ1) is 6.85. The molecule has 0 aromatic heterocycles. The first kappa shape index (κ1) is 14.5. The largest absolute Gasteiger partial charge is 0.469 e. The Morgan fingerprint density at radius 2 is 1.47 bits per heavy atom. The molecule has 0 N–H and O–H groups in total. The average molecular weight is 214 g/mol. The van der Waals surface area contributed by atoms with Crippen molar-refractivity contribution >= 4 is 5.97 Å². The van der Waals surface area contributed by atoms with Crippen molar-refractivity contribution in [1.29, 1.82) is 0 Å². The minimum Gasteiger partial charge on any atom is -0.469 e. The molecular weight excluding hydrogens is 188 g/mol. The molecule has 0 aromatic rings. The van der Waals surface area contributed by atoms with Gasteiger partial charge >= 0.3 is 5.97 Å². The summed E-state index contributed by atoms with van der Waals surface area (Å²) in [5, 5.41) is 0. The molecule has 0 saturated heterocycles. The predicted molar refractivity (Wildman–Crippen MR) is 63.7 cm³/mol. The average Bonchev–Trinajstić information content (AvgIpc) is 2.17. The van der Waals surface area contributed by atoms with Crippen molar-refractivity contribution in [2.75, 3.05) is 7.11 Å². The van der Waals surface area contributed by atoms with Crippen molar-refractivity contribution in [3.8, 4) is 0 Å². The Kier molecular flexibility index (Phi) is 5.33. The lowest BCUT2D eigenvalue weighted by atomic mass is 9.62. The summed E-state index contributed by atoms with van der Waals surface area (Å²) < 4.78 is 4.91. The Morgan fingerprint density at radius 1 is 1.07 bits per heavy atom. The highest BCUT2D eigenvalue weighted by Crippen LogP contribution is 2.46. The van der Waals surface area contributed by atoms with Gasteiger partial charge in [-0.1, -0.05) is 33.6 Å². The van der Waals surface area contributed by atoms with Gasteiger partial charge in [-0.25, -0.2) is 0 Å². The summed E-state index contributed by atoms with van der Waals surface area (Å²) in [4.78, 5) is 11.8. The standard InChI is InChI=1S/C13H26O2/c1-7-9-13(5,10-8-2)12(3,4)11(14)15-6/h7-10H2,1-6H3. The van der Waals surface area contributed by atoms with Gasteiger partial charge < -0.3 is 4.74 Å². The fraction of sp³-hybridized carbons (Fsp3) is 0.923. The van der Waals surface area contributed by atoms with Crippen LogP contribution >= 0.6 is 0 Å². The highest BCUT2D eigenvalue weighted by molar-refractivity contribution is 5.76. The van der Waals surface area contributed by atoms with Gasteiger partial charge in [0.05, 0.1) is 12.5 Å². The summed E-state index contributed by atoms with van der Waals surface area (Å²) >= 11 is 0. The van der Waals surface area contributed by atoms with Crippen LogP contribution in [0.3, 0.4) is 0 Å². The maximum Gasteiger partial charge on any atom is 0.311 e. The van der Waals surface area contributed by atoms with E-state index < -0.39 is 5.41 Å². The molecule has 0 fully saturated rings. The van der Waals surface area contributed by atoms with Crippen LogP contribution in [-0.4, -0.2) is 13.1 Å². The smallest absolute Gasteiger partial charge is 0.311 e. The molecule has 0 aromatic carbocycles. The molecule has 0 rings (SSSR count). The minimum atomic E-state index is -0.395. The molecule has 0 aliphatic carbocycles. The molecule has 15 heavy (non-hydrogen) atoms. The van der Waals surface area contributed by atoms with Crippen LogP contribution in [0.25, 0.3) is 0 Å². The quantitative estimate of drug-likeness (QED) is 0.629. The van der Waals surface area contributed by atoms with Crippen LogP contribution in [0.1, 0.15) is 60.3 Å². The minimum absolute atomic E-state index is 0.0452. The third-order valence-corrected chi connectivity index (χ3v) is 3.81. The van der Waals surface area contributed by atoms with Crippen LogP contribution in [0.2, 0.25) is 0 Å². The second-order valence-electron chi connectivity index (χ2n) is 5.18. The molecule has 0 spiro atoms. The second-order valence-corrected chi connectivity index (χ2v) is 5.18. The van der Waals surface area contributed by atoms with Crippen LogP contribution in [0.4, 0.5) is 0 Å². The van der Waals surface area contributed by atoms with E-state index in [0.29, 0.717) is 0 Å². The zero-order valence-corrected chi connectivity index (χ0v) is 11.1. The van der Waals surface area contributed by atoms with E-state index in [4.69, 9.17) is 4.74 Å². The number of carbonyl (C=O) groups excluding carboxylic acids is 1. The fourth-order valence-corrected chi connectivity index (χ4v) is 2.36. The van der Waals surface area contributed by atoms with E-state index in [1.165, 1.54) is 7.11 Å². The molecule has 0 atom stereocenters. The van der Waals surface area contributed by atoms with Crippen LogP contribution in [0, 0.1) is 10.8 Å². The monoisotopic (exact) mass is 214 g/mol. The normalized spacial score (nSPS) is 12.7. The van der Waals surface area contributed by atoms with Crippen molar-refractivity contribution in [2.45, 2.75) is 60.3 Å². The molecule has 2 nitrogen and oxygen atoms in total. The van der Waals surface area contributed by atoms with Crippen molar-refractivity contribution < 1.29 is 9.53 Å². The topological polar surface area (TPSA) is 26.3 Å². The second kappa shape index (κ2) is 5.53. The molecular formula is C13H26O2. The van der Waals surface area contributed by atoms with E-state index in [1.54, 1.807) is 0 Å². The number of methoxy groups -OCH3 is 1. The van der Waals surface area contributed by atoms with Gasteiger partial charge in [0, 0.05) is 0 Å². The zero-order valence-electron chi connectivity index (χ0n) is 11.1. The van der Waals surface area contributed by atoms with Gasteiger partial charge in [-0.2, -0.15) is 0 Å². The highest BCUT2D eigenvalue weighted by atomic mass is 16.5. The number of ether oxygens (including phenoxy) is 1. The van der Waals surface area contributed by atoms with Crippen LogP contribution in [0.15, 0.2) is 0 Å². The van der Waals surface area contributed by atoms with Gasteiger partial charge in [-0.05, 0) is 32.1 Å². The fourth-order valence-electron chi connectivity index (χ4n) is 2.36. The lowest BCUT2D eigenvalue weighted by molar-refractivity contribution is -0.159. The van der Waals surface area contributed by atoms with Crippen molar-refractivity contribution in [3.63, 3.8) is 0 Å². The molecule has 0 bridgehead atoms. The Balaban J connectivity index is 4.95. The molecule has 0 amide bonds. The van der Waals surface area contributed by atoms with Crippen LogP contribution in [-0.2, 0) is 9.53 Å². The molecule has 90 valence electrons. The van der Waals surface area contributed by atoms with Crippen molar-refractivity contribution in [1.82, 2.24) is 0 Å². The summed E-state index contributed by atoms with van der Waals surface area (Å²) in [7, 11) is 1.47. The molecule has 0 heterocycles. The van der Waals surface area contributed by atoms with Gasteiger partial charge in [0.25, 0.3) is 0 Å². The Bertz CT molecular complexity index is 201. The van der Waals surface area contributed by atoms with Crippen LogP contribution < -0.4 is 0 Å². The highest BCUT2D eigenvalue weighted by Gasteiger charge is 2.45. The first-order valence-corrected chi connectivity index (χ1v) is 5.94. The zero-order chi connectivity index (χ0) is 12.1. The van der Waals surface area contributed by atoms with Crippen molar-refractivity contribution in [3.05, 3.63) is 0 Å². The molecule has 0 radical (unpaired) electrons. The lowest BCUT2D eigenvalue weighted by Crippen LogP contribution is -2.42. The van der Waals surface area contributed by atoms with Crippen LogP contribution in [0.5, 0.6) is 0 Å². The number of carbonyl (C=O) groups is 1. The van der Waals surface area contributed by atoms with Gasteiger partial charge in [-0.3, -0.25) is 4.79 Å². The molecule has 0 aliphatic rings. The lowest BCUT2D eigenvalue weighted by Gasteiger charge is -2.42. The SMILES string of the molecule is CCCC(C)(CCC)C(C)(C)C(=O)OC. The van der Waals surface area contributed by atoms with Crippen molar-refractivity contribution in [2.24, 2.45) is 10.8 Å². The summed E-state index contributed by atoms with van der Waals surface area (Å²) in [5.74, 6) is -0.0908. The summed E-state index contributed by atoms with van der Waals surface area (Å²) in [6.07, 6.45) is 4.36. The van der Waals surface area contributed by atoms with Gasteiger partial charge in [0.2, 0.25) is 0 Å². The number of rotatable bonds is 6. The maximum absolute atomic E-state index is 11.8. The van der Waals surface area contributed by atoms with Gasteiger partial charge in [-0.15, -0.1) is 0 Å². The number of hydrogen-bond acceptors (Lipinski definition) is 2. The first-order valence-electron chi connectivity index (χ1n) is 5.94. The Morgan fingerprint density at radius 3 is 1.73 bits per heavy atom. The predicted octanol–water partition coefficient (Wildman–Crippen LogP) is 3.79. The van der Waals surface area contributed by atoms with E-state index >= 15 is 0 Å². The molecule has 0 saturated carbocycles. The molecule has 2 heteroatoms. The van der Waals surface area contributed by atoms with E-state index in [2.05, 4.69) is 20.8 Å². The summed E-state index contributed by atoms with van der Waals surface area (Å²) in [6.45, 7) is 10.5.